The van der Waals surface area contributed by atoms with Crippen LogP contribution in [0, 0.1) is 23.0 Å². The molecule has 1 aromatic rings. The molecular weight excluding hydrogens is 262 g/mol. The molecule has 18 heavy (non-hydrogen) atoms. The summed E-state index contributed by atoms with van der Waals surface area (Å²) < 4.78 is 39.5. The van der Waals surface area contributed by atoms with Gasteiger partial charge in [-0.1, -0.05) is 6.92 Å². The molecule has 0 aromatic heterocycles. The van der Waals surface area contributed by atoms with Gasteiger partial charge < -0.3 is 4.79 Å². The van der Waals surface area contributed by atoms with E-state index in [9.17, 15) is 17.8 Å². The molecular formula is C11H10F2N2O2S. The van der Waals surface area contributed by atoms with Crippen LogP contribution >= 0.6 is 0 Å². The van der Waals surface area contributed by atoms with Crippen LogP contribution < -0.4 is 0 Å². The molecule has 0 aliphatic heterocycles. The van der Waals surface area contributed by atoms with Crippen LogP contribution in [0.1, 0.15) is 12.5 Å². The quantitative estimate of drug-likeness (QED) is 0.761. The van der Waals surface area contributed by atoms with Crippen LogP contribution in [0.4, 0.5) is 8.78 Å². The number of aldehydes is 1. The van der Waals surface area contributed by atoms with Crippen molar-refractivity contribution >= 4 is 17.3 Å². The highest BCUT2D eigenvalue weighted by molar-refractivity contribution is 7.82. The Bertz CT molecular complexity index is 529. The van der Waals surface area contributed by atoms with Crippen LogP contribution in [-0.4, -0.2) is 27.9 Å². The first-order chi connectivity index (χ1) is 8.54. The minimum absolute atomic E-state index is 0.0471. The summed E-state index contributed by atoms with van der Waals surface area (Å²) in [6, 6.07) is 3.26. The highest BCUT2D eigenvalue weighted by atomic mass is 32.2. The number of hydrogen-bond acceptors (Lipinski definition) is 3. The molecule has 0 saturated carbocycles. The maximum atomic E-state index is 13.2. The van der Waals surface area contributed by atoms with Gasteiger partial charge in [-0.25, -0.2) is 17.3 Å². The van der Waals surface area contributed by atoms with Crippen LogP contribution in [0.5, 0.6) is 0 Å². The monoisotopic (exact) mass is 272 g/mol. The van der Waals surface area contributed by atoms with Crippen molar-refractivity contribution in [2.75, 3.05) is 13.1 Å². The first-order valence-corrected chi connectivity index (χ1v) is 6.15. The molecule has 1 rings (SSSR count). The zero-order chi connectivity index (χ0) is 13.7. The van der Waals surface area contributed by atoms with E-state index in [-0.39, 0.29) is 11.4 Å². The summed E-state index contributed by atoms with van der Waals surface area (Å²) in [5.41, 5.74) is -0.513. The topological polar surface area (TPSA) is 61.2 Å². The maximum Gasteiger partial charge on any atom is 0.176 e. The van der Waals surface area contributed by atoms with Crippen molar-refractivity contribution in [1.82, 2.24) is 4.31 Å². The van der Waals surface area contributed by atoms with E-state index in [1.165, 1.54) is 10.4 Å². The molecule has 96 valence electrons. The Hall–Kier alpha value is -1.65. The summed E-state index contributed by atoms with van der Waals surface area (Å²) >= 11 is 0. The van der Waals surface area contributed by atoms with Gasteiger partial charge in [0.05, 0.1) is 17.0 Å². The lowest BCUT2D eigenvalue weighted by atomic mass is 10.2. The summed E-state index contributed by atoms with van der Waals surface area (Å²) in [6.07, 6.45) is 0.562. The molecule has 1 unspecified atom stereocenters. The smallest absolute Gasteiger partial charge is 0.176 e. The lowest BCUT2D eigenvalue weighted by molar-refractivity contribution is -0.108. The van der Waals surface area contributed by atoms with Crippen LogP contribution in [0.2, 0.25) is 0 Å². The first-order valence-electron chi connectivity index (χ1n) is 5.04. The minimum Gasteiger partial charge on any atom is -0.302 e. The lowest BCUT2D eigenvalue weighted by Gasteiger charge is -2.16. The summed E-state index contributed by atoms with van der Waals surface area (Å²) in [5.74, 6) is -2.50. The Morgan fingerprint density at radius 2 is 2.17 bits per heavy atom. The zero-order valence-corrected chi connectivity index (χ0v) is 10.3. The van der Waals surface area contributed by atoms with Crippen LogP contribution in [0.25, 0.3) is 0 Å². The number of nitriles is 1. The Balaban J connectivity index is 3.18. The SMILES string of the molecule is CCN(CC=O)S(=O)c1cc(F)c(F)c(C#N)c1. The van der Waals surface area contributed by atoms with Crippen molar-refractivity contribution < 1.29 is 17.8 Å². The summed E-state index contributed by atoms with van der Waals surface area (Å²) in [4.78, 5) is 10.3. The Labute approximate surface area is 105 Å². The second-order valence-corrected chi connectivity index (χ2v) is 4.76. The van der Waals surface area contributed by atoms with Crippen molar-refractivity contribution in [3.8, 4) is 6.07 Å². The first kappa shape index (κ1) is 14.4. The molecule has 0 spiro atoms. The van der Waals surface area contributed by atoms with Gasteiger partial charge in [-0.2, -0.15) is 5.26 Å². The van der Waals surface area contributed by atoms with Gasteiger partial charge in [0.1, 0.15) is 23.3 Å². The van der Waals surface area contributed by atoms with E-state index in [1.807, 2.05) is 0 Å². The molecule has 0 aliphatic carbocycles. The second kappa shape index (κ2) is 6.33. The van der Waals surface area contributed by atoms with Crippen molar-refractivity contribution in [3.63, 3.8) is 0 Å². The fourth-order valence-electron chi connectivity index (χ4n) is 1.29. The number of hydrogen-bond donors (Lipinski definition) is 0. The molecule has 0 amide bonds. The third-order valence-electron chi connectivity index (χ3n) is 2.19. The van der Waals surface area contributed by atoms with E-state index in [0.717, 1.165) is 12.1 Å². The maximum absolute atomic E-state index is 13.2. The number of halogens is 2. The Morgan fingerprint density at radius 3 is 2.67 bits per heavy atom. The van der Waals surface area contributed by atoms with Crippen LogP contribution in [0.3, 0.4) is 0 Å². The van der Waals surface area contributed by atoms with Gasteiger partial charge >= 0.3 is 0 Å². The van der Waals surface area contributed by atoms with Gasteiger partial charge in [-0.05, 0) is 12.1 Å². The molecule has 1 aromatic carbocycles. The lowest BCUT2D eigenvalue weighted by Crippen LogP contribution is -2.27. The van der Waals surface area contributed by atoms with Crippen molar-refractivity contribution in [1.29, 1.82) is 5.26 Å². The molecule has 0 N–H and O–H groups in total. The molecule has 0 aliphatic rings. The van der Waals surface area contributed by atoms with Crippen molar-refractivity contribution in [3.05, 3.63) is 29.3 Å². The van der Waals surface area contributed by atoms with E-state index < -0.39 is 28.2 Å². The number of carbonyl (C=O) groups excluding carboxylic acids is 1. The largest absolute Gasteiger partial charge is 0.302 e. The number of likely N-dealkylation sites (N-methyl/N-ethyl adjacent to an activating group) is 1. The zero-order valence-electron chi connectivity index (χ0n) is 9.52. The van der Waals surface area contributed by atoms with E-state index in [4.69, 9.17) is 5.26 Å². The number of rotatable bonds is 5. The third kappa shape index (κ3) is 2.97. The molecule has 1 atom stereocenters. The van der Waals surface area contributed by atoms with Crippen molar-refractivity contribution in [2.24, 2.45) is 0 Å². The molecule has 7 heteroatoms. The number of benzene rings is 1. The fraction of sp³-hybridized carbons (Fsp3) is 0.273. The average Bonchev–Trinajstić information content (AvgIpc) is 2.38. The van der Waals surface area contributed by atoms with Gasteiger partial charge in [0, 0.05) is 6.54 Å². The molecule has 0 heterocycles. The van der Waals surface area contributed by atoms with Gasteiger partial charge in [0.2, 0.25) is 0 Å². The highest BCUT2D eigenvalue weighted by Gasteiger charge is 2.18. The predicted octanol–water partition coefficient (Wildman–Crippen LogP) is 1.38. The molecule has 0 radical (unpaired) electrons. The molecule has 0 bridgehead atoms. The van der Waals surface area contributed by atoms with Gasteiger partial charge in [0.25, 0.3) is 0 Å². The summed E-state index contributed by atoms with van der Waals surface area (Å²) in [7, 11) is -1.81. The molecule has 0 fully saturated rings. The van der Waals surface area contributed by atoms with E-state index in [2.05, 4.69) is 0 Å². The van der Waals surface area contributed by atoms with E-state index >= 15 is 0 Å². The van der Waals surface area contributed by atoms with Crippen molar-refractivity contribution in [2.45, 2.75) is 11.8 Å². The summed E-state index contributed by atoms with van der Waals surface area (Å²) in [6.45, 7) is 1.88. The van der Waals surface area contributed by atoms with Gasteiger partial charge in [-0.3, -0.25) is 0 Å². The van der Waals surface area contributed by atoms with Crippen LogP contribution in [-0.2, 0) is 15.8 Å². The minimum atomic E-state index is -1.81. The normalized spacial score (nSPS) is 12.2. The predicted molar refractivity (Wildman–Crippen MR) is 60.8 cm³/mol. The Kier molecular flexibility index (Phi) is 5.07. The number of nitrogens with zero attached hydrogens (tertiary/aromatic N) is 2. The third-order valence-corrected chi connectivity index (χ3v) is 3.70. The average molecular weight is 272 g/mol. The Morgan fingerprint density at radius 1 is 1.50 bits per heavy atom. The van der Waals surface area contributed by atoms with E-state index in [1.54, 1.807) is 6.92 Å². The van der Waals surface area contributed by atoms with Gasteiger partial charge in [0.15, 0.2) is 11.6 Å². The molecule has 4 nitrogen and oxygen atoms in total. The second-order valence-electron chi connectivity index (χ2n) is 3.27. The van der Waals surface area contributed by atoms with E-state index in [0.29, 0.717) is 12.8 Å². The number of carbonyl (C=O) groups is 1. The molecule has 0 saturated heterocycles. The highest BCUT2D eigenvalue weighted by Crippen LogP contribution is 2.18. The standard InChI is InChI=1S/C11H10F2N2O2S/c1-2-15(3-4-16)18(17)9-5-8(7-14)11(13)10(12)6-9/h4-6H,2-3H2,1H3. The fourth-order valence-corrected chi connectivity index (χ4v) is 2.44. The van der Waals surface area contributed by atoms with Crippen LogP contribution in [0.15, 0.2) is 17.0 Å². The van der Waals surface area contributed by atoms with Gasteiger partial charge in [-0.15, -0.1) is 0 Å². The summed E-state index contributed by atoms with van der Waals surface area (Å²) in [5, 5.41) is 8.62.